The number of hydrogen-bond donors (Lipinski definition) is 2. The second-order valence-electron chi connectivity index (χ2n) is 3.67. The Morgan fingerprint density at radius 2 is 2.56 bits per heavy atom. The first-order chi connectivity index (χ1) is 7.83. The highest BCUT2D eigenvalue weighted by molar-refractivity contribution is 7.15. The summed E-state index contributed by atoms with van der Waals surface area (Å²) >= 11 is 1.64. The molecule has 0 radical (unpaired) electrons. The molecular weight excluding hydrogens is 224 g/mol. The van der Waals surface area contributed by atoms with E-state index in [1.54, 1.807) is 18.4 Å². The van der Waals surface area contributed by atoms with E-state index in [4.69, 9.17) is 10.6 Å². The van der Waals surface area contributed by atoms with E-state index in [1.165, 1.54) is 0 Å². The number of imidazole rings is 1. The van der Waals surface area contributed by atoms with Crippen LogP contribution in [-0.2, 0) is 11.2 Å². The van der Waals surface area contributed by atoms with Crippen molar-refractivity contribution in [1.82, 2.24) is 14.8 Å². The summed E-state index contributed by atoms with van der Waals surface area (Å²) in [5, 5.41) is 2.02. The molecular formula is C10H16N4OS. The molecule has 16 heavy (non-hydrogen) atoms. The molecule has 0 spiro atoms. The van der Waals surface area contributed by atoms with E-state index in [-0.39, 0.29) is 6.04 Å². The van der Waals surface area contributed by atoms with Gasteiger partial charge in [-0.2, -0.15) is 0 Å². The van der Waals surface area contributed by atoms with Crippen LogP contribution in [0.4, 0.5) is 0 Å². The number of rotatable bonds is 6. The van der Waals surface area contributed by atoms with Gasteiger partial charge in [-0.1, -0.05) is 0 Å². The molecule has 0 bridgehead atoms. The molecule has 0 aliphatic carbocycles. The first-order valence-corrected chi connectivity index (χ1v) is 6.07. The molecule has 5 nitrogen and oxygen atoms in total. The largest absolute Gasteiger partial charge is 0.385 e. The fraction of sp³-hybridized carbons (Fsp3) is 0.500. The van der Waals surface area contributed by atoms with Crippen LogP contribution in [0.25, 0.3) is 4.96 Å². The van der Waals surface area contributed by atoms with Gasteiger partial charge in [-0.3, -0.25) is 15.7 Å². The molecule has 2 aromatic heterocycles. The Hall–Kier alpha value is -0.950. The zero-order chi connectivity index (χ0) is 11.4. The molecule has 88 valence electrons. The lowest BCUT2D eigenvalue weighted by Crippen LogP contribution is -2.37. The predicted molar refractivity (Wildman–Crippen MR) is 64.4 cm³/mol. The van der Waals surface area contributed by atoms with Gasteiger partial charge in [-0.05, 0) is 6.42 Å². The molecule has 1 unspecified atom stereocenters. The summed E-state index contributed by atoms with van der Waals surface area (Å²) in [5.41, 5.74) is 3.86. The third-order valence-electron chi connectivity index (χ3n) is 2.50. The highest BCUT2D eigenvalue weighted by Gasteiger charge is 2.10. The number of methoxy groups -OCH3 is 1. The number of ether oxygens (including phenoxy) is 1. The summed E-state index contributed by atoms with van der Waals surface area (Å²) < 4.78 is 7.07. The highest BCUT2D eigenvalue weighted by atomic mass is 32.1. The lowest BCUT2D eigenvalue weighted by Gasteiger charge is -2.13. The van der Waals surface area contributed by atoms with Gasteiger partial charge in [0.25, 0.3) is 0 Å². The fourth-order valence-corrected chi connectivity index (χ4v) is 2.35. The summed E-state index contributed by atoms with van der Waals surface area (Å²) in [6.45, 7) is 0.705. The summed E-state index contributed by atoms with van der Waals surface area (Å²) in [6, 6.07) is 0.213. The molecule has 0 fully saturated rings. The fourth-order valence-electron chi connectivity index (χ4n) is 1.63. The van der Waals surface area contributed by atoms with Crippen LogP contribution in [0.5, 0.6) is 0 Å². The van der Waals surface area contributed by atoms with Crippen LogP contribution >= 0.6 is 11.3 Å². The number of hydrogen-bond acceptors (Lipinski definition) is 5. The van der Waals surface area contributed by atoms with Crippen LogP contribution in [0.2, 0.25) is 0 Å². The van der Waals surface area contributed by atoms with Crippen molar-refractivity contribution in [1.29, 1.82) is 0 Å². The van der Waals surface area contributed by atoms with Gasteiger partial charge in [0.05, 0.1) is 5.69 Å². The smallest absolute Gasteiger partial charge is 0.193 e. The summed E-state index contributed by atoms with van der Waals surface area (Å²) in [4.78, 5) is 5.54. The third kappa shape index (κ3) is 2.59. The van der Waals surface area contributed by atoms with Crippen molar-refractivity contribution in [3.63, 3.8) is 0 Å². The average Bonchev–Trinajstić information content (AvgIpc) is 2.84. The van der Waals surface area contributed by atoms with E-state index < -0.39 is 0 Å². The van der Waals surface area contributed by atoms with E-state index in [2.05, 4.69) is 10.4 Å². The van der Waals surface area contributed by atoms with Crippen LogP contribution in [-0.4, -0.2) is 29.1 Å². The minimum atomic E-state index is 0.213. The molecule has 1 atom stereocenters. The number of nitrogens with one attached hydrogen (secondary N) is 1. The Morgan fingerprint density at radius 1 is 1.69 bits per heavy atom. The first kappa shape index (κ1) is 11.5. The van der Waals surface area contributed by atoms with Gasteiger partial charge in [0.2, 0.25) is 0 Å². The van der Waals surface area contributed by atoms with Crippen LogP contribution < -0.4 is 11.3 Å². The molecule has 2 aromatic rings. The van der Waals surface area contributed by atoms with Gasteiger partial charge < -0.3 is 4.74 Å². The molecule has 2 rings (SSSR count). The zero-order valence-electron chi connectivity index (χ0n) is 9.22. The standard InChI is InChI=1S/C10H16N4OS/c1-15-4-2-8(13-11)6-9-7-14-3-5-16-10(14)12-9/h3,5,7-8,13H,2,4,6,11H2,1H3. The number of fused-ring (bicyclic) bond motifs is 1. The van der Waals surface area contributed by atoms with Gasteiger partial charge in [-0.15, -0.1) is 11.3 Å². The SMILES string of the molecule is COCCC(Cc1cn2ccsc2n1)NN. The maximum absolute atomic E-state index is 5.49. The number of nitrogens with zero attached hydrogens (tertiary/aromatic N) is 2. The highest BCUT2D eigenvalue weighted by Crippen LogP contribution is 2.13. The van der Waals surface area contributed by atoms with Gasteiger partial charge >= 0.3 is 0 Å². The second kappa shape index (κ2) is 5.40. The van der Waals surface area contributed by atoms with Crippen LogP contribution in [0, 0.1) is 0 Å². The van der Waals surface area contributed by atoms with Crippen molar-refractivity contribution in [2.24, 2.45) is 5.84 Å². The summed E-state index contributed by atoms with van der Waals surface area (Å²) in [7, 11) is 1.69. The minimum absolute atomic E-state index is 0.213. The molecule has 0 aliphatic rings. The Labute approximate surface area is 98.2 Å². The number of hydrazine groups is 1. The maximum Gasteiger partial charge on any atom is 0.193 e. The second-order valence-corrected chi connectivity index (χ2v) is 4.55. The minimum Gasteiger partial charge on any atom is -0.385 e. The Balaban J connectivity index is 1.99. The molecule has 0 aromatic carbocycles. The van der Waals surface area contributed by atoms with Crippen molar-refractivity contribution in [2.75, 3.05) is 13.7 Å². The number of thiazole rings is 1. The maximum atomic E-state index is 5.49. The first-order valence-electron chi connectivity index (χ1n) is 5.19. The summed E-state index contributed by atoms with van der Waals surface area (Å²) in [6.07, 6.45) is 5.77. The number of nitrogens with two attached hydrogens (primary N) is 1. The van der Waals surface area contributed by atoms with Crippen molar-refractivity contribution in [3.8, 4) is 0 Å². The van der Waals surface area contributed by atoms with E-state index in [0.717, 1.165) is 23.5 Å². The van der Waals surface area contributed by atoms with Gasteiger partial charge in [-0.25, -0.2) is 4.98 Å². The molecule has 0 amide bonds. The Bertz CT molecular complexity index is 410. The van der Waals surface area contributed by atoms with Crippen molar-refractivity contribution < 1.29 is 4.74 Å². The van der Waals surface area contributed by atoms with Crippen molar-refractivity contribution in [3.05, 3.63) is 23.5 Å². The topological polar surface area (TPSA) is 64.6 Å². The Morgan fingerprint density at radius 3 is 3.25 bits per heavy atom. The van der Waals surface area contributed by atoms with Crippen LogP contribution in [0.1, 0.15) is 12.1 Å². The Kier molecular flexibility index (Phi) is 3.89. The van der Waals surface area contributed by atoms with E-state index >= 15 is 0 Å². The normalized spacial score (nSPS) is 13.4. The van der Waals surface area contributed by atoms with Gasteiger partial charge in [0.1, 0.15) is 0 Å². The lowest BCUT2D eigenvalue weighted by atomic mass is 10.1. The zero-order valence-corrected chi connectivity index (χ0v) is 10.0. The van der Waals surface area contributed by atoms with E-state index in [1.807, 2.05) is 22.2 Å². The third-order valence-corrected chi connectivity index (χ3v) is 3.28. The monoisotopic (exact) mass is 240 g/mol. The van der Waals surface area contributed by atoms with Crippen molar-refractivity contribution in [2.45, 2.75) is 18.9 Å². The quantitative estimate of drug-likeness (QED) is 0.579. The predicted octanol–water partition coefficient (Wildman–Crippen LogP) is 0.807. The molecule has 2 heterocycles. The van der Waals surface area contributed by atoms with Crippen molar-refractivity contribution >= 4 is 16.3 Å². The van der Waals surface area contributed by atoms with Crippen LogP contribution in [0.15, 0.2) is 17.8 Å². The average molecular weight is 240 g/mol. The van der Waals surface area contributed by atoms with Gasteiger partial charge in [0, 0.05) is 44.0 Å². The number of aromatic nitrogens is 2. The van der Waals surface area contributed by atoms with Gasteiger partial charge in [0.15, 0.2) is 4.96 Å². The van der Waals surface area contributed by atoms with E-state index in [0.29, 0.717) is 6.61 Å². The van der Waals surface area contributed by atoms with Crippen LogP contribution in [0.3, 0.4) is 0 Å². The summed E-state index contributed by atoms with van der Waals surface area (Å²) in [5.74, 6) is 5.49. The lowest BCUT2D eigenvalue weighted by molar-refractivity contribution is 0.182. The molecule has 0 saturated heterocycles. The molecule has 3 N–H and O–H groups in total. The molecule has 0 saturated carbocycles. The molecule has 0 aliphatic heterocycles. The molecule has 6 heteroatoms. The van der Waals surface area contributed by atoms with E-state index in [9.17, 15) is 0 Å².